The molecule has 0 spiro atoms. The summed E-state index contributed by atoms with van der Waals surface area (Å²) in [5.41, 5.74) is 0.951. The smallest absolute Gasteiger partial charge is 0.193 e. The summed E-state index contributed by atoms with van der Waals surface area (Å²) in [5, 5.41) is 4.65. The van der Waals surface area contributed by atoms with Crippen molar-refractivity contribution < 1.29 is 13.9 Å². The standard InChI is InChI=1S/C23H33N3O3/c1-24-23(25-12-9-20-16-18-6-2-3-8-22(18)29-20)26-13-10-19(11-14-26)28-17-21-7-4-5-15-27-21/h2-3,6,8,16,19,21H,4-5,7,9-15,17H2,1H3,(H,24,25). The van der Waals surface area contributed by atoms with E-state index in [0.717, 1.165) is 81.2 Å². The van der Waals surface area contributed by atoms with E-state index < -0.39 is 0 Å². The molecule has 2 aliphatic rings. The van der Waals surface area contributed by atoms with E-state index in [1.54, 1.807) is 0 Å². The molecular formula is C23H33N3O3. The Hall–Kier alpha value is -2.05. The fraction of sp³-hybridized carbons (Fsp3) is 0.609. The van der Waals surface area contributed by atoms with Crippen LogP contribution >= 0.6 is 0 Å². The van der Waals surface area contributed by atoms with E-state index in [1.165, 1.54) is 12.8 Å². The number of nitrogens with one attached hydrogen (secondary N) is 1. The largest absolute Gasteiger partial charge is 0.461 e. The number of guanidine groups is 1. The lowest BCUT2D eigenvalue weighted by Crippen LogP contribution is -2.47. The number of furan rings is 1. The van der Waals surface area contributed by atoms with Gasteiger partial charge >= 0.3 is 0 Å². The molecule has 1 N–H and O–H groups in total. The van der Waals surface area contributed by atoms with Crippen LogP contribution in [0.15, 0.2) is 39.7 Å². The number of fused-ring (bicyclic) bond motifs is 1. The Morgan fingerprint density at radius 1 is 1.21 bits per heavy atom. The number of hydrogen-bond donors (Lipinski definition) is 1. The van der Waals surface area contributed by atoms with Gasteiger partial charge in [-0.3, -0.25) is 4.99 Å². The highest BCUT2D eigenvalue weighted by molar-refractivity contribution is 5.80. The van der Waals surface area contributed by atoms with Gasteiger partial charge in [-0.25, -0.2) is 0 Å². The van der Waals surface area contributed by atoms with E-state index >= 15 is 0 Å². The van der Waals surface area contributed by atoms with Crippen molar-refractivity contribution in [2.24, 2.45) is 4.99 Å². The van der Waals surface area contributed by atoms with Crippen LogP contribution in [-0.4, -0.2) is 63.0 Å². The molecule has 1 atom stereocenters. The number of rotatable bonds is 6. The zero-order valence-electron chi connectivity index (χ0n) is 17.4. The van der Waals surface area contributed by atoms with Crippen LogP contribution in [0.5, 0.6) is 0 Å². The van der Waals surface area contributed by atoms with Gasteiger partial charge in [0.05, 0.1) is 18.8 Å². The van der Waals surface area contributed by atoms with E-state index in [2.05, 4.69) is 27.3 Å². The second kappa shape index (κ2) is 10.1. The maximum absolute atomic E-state index is 6.13. The van der Waals surface area contributed by atoms with E-state index in [1.807, 2.05) is 25.2 Å². The van der Waals surface area contributed by atoms with Crippen molar-refractivity contribution >= 4 is 16.9 Å². The number of likely N-dealkylation sites (tertiary alicyclic amines) is 1. The van der Waals surface area contributed by atoms with Gasteiger partial charge in [-0.2, -0.15) is 0 Å². The average Bonchev–Trinajstić information content (AvgIpc) is 3.19. The van der Waals surface area contributed by atoms with Gasteiger partial charge in [0, 0.05) is 45.1 Å². The molecule has 0 aliphatic carbocycles. The van der Waals surface area contributed by atoms with E-state index in [4.69, 9.17) is 13.9 Å². The zero-order chi connectivity index (χ0) is 19.9. The summed E-state index contributed by atoms with van der Waals surface area (Å²) in [5.74, 6) is 1.97. The Balaban J connectivity index is 1.18. The summed E-state index contributed by atoms with van der Waals surface area (Å²) in [4.78, 5) is 6.80. The topological polar surface area (TPSA) is 59.2 Å². The maximum atomic E-state index is 6.13. The molecule has 0 amide bonds. The zero-order valence-corrected chi connectivity index (χ0v) is 17.4. The van der Waals surface area contributed by atoms with Gasteiger partial charge in [-0.15, -0.1) is 0 Å². The number of benzene rings is 1. The number of hydrogen-bond acceptors (Lipinski definition) is 4. The minimum Gasteiger partial charge on any atom is -0.461 e. The second-order valence-electron chi connectivity index (χ2n) is 7.98. The van der Waals surface area contributed by atoms with Gasteiger partial charge in [0.1, 0.15) is 11.3 Å². The molecule has 2 saturated heterocycles. The molecule has 0 bridgehead atoms. The first-order valence-electron chi connectivity index (χ1n) is 11.0. The minimum atomic E-state index is 0.300. The van der Waals surface area contributed by atoms with Crippen LogP contribution < -0.4 is 5.32 Å². The maximum Gasteiger partial charge on any atom is 0.193 e. The fourth-order valence-corrected chi connectivity index (χ4v) is 4.21. The van der Waals surface area contributed by atoms with Gasteiger partial charge in [0.2, 0.25) is 0 Å². The molecule has 1 aromatic heterocycles. The molecule has 0 saturated carbocycles. The Labute approximate surface area is 173 Å². The Morgan fingerprint density at radius 3 is 2.83 bits per heavy atom. The highest BCUT2D eigenvalue weighted by Crippen LogP contribution is 2.20. The van der Waals surface area contributed by atoms with Crippen molar-refractivity contribution in [2.75, 3.05) is 39.9 Å². The summed E-state index contributed by atoms with van der Waals surface area (Å²) < 4.78 is 17.8. The predicted molar refractivity (Wildman–Crippen MR) is 115 cm³/mol. The molecule has 2 aliphatic heterocycles. The van der Waals surface area contributed by atoms with E-state index in [-0.39, 0.29) is 0 Å². The highest BCUT2D eigenvalue weighted by Gasteiger charge is 2.23. The number of para-hydroxylation sites is 1. The summed E-state index contributed by atoms with van der Waals surface area (Å²) in [6.07, 6.45) is 7.16. The van der Waals surface area contributed by atoms with Gasteiger partial charge in [-0.05, 0) is 44.2 Å². The average molecular weight is 400 g/mol. The van der Waals surface area contributed by atoms with Crippen LogP contribution in [-0.2, 0) is 15.9 Å². The lowest BCUT2D eigenvalue weighted by atomic mass is 10.1. The molecule has 4 rings (SSSR count). The molecule has 3 heterocycles. The number of aliphatic imine (C=N–C) groups is 1. The molecule has 6 heteroatoms. The van der Waals surface area contributed by atoms with Crippen LogP contribution in [0.2, 0.25) is 0 Å². The van der Waals surface area contributed by atoms with Crippen LogP contribution in [0.4, 0.5) is 0 Å². The van der Waals surface area contributed by atoms with Crippen LogP contribution in [0.3, 0.4) is 0 Å². The number of nitrogens with zero attached hydrogens (tertiary/aromatic N) is 2. The van der Waals surface area contributed by atoms with Crippen molar-refractivity contribution in [3.8, 4) is 0 Å². The lowest BCUT2D eigenvalue weighted by Gasteiger charge is -2.35. The highest BCUT2D eigenvalue weighted by atomic mass is 16.5. The lowest BCUT2D eigenvalue weighted by molar-refractivity contribution is -0.0721. The SMILES string of the molecule is CN=C(NCCc1cc2ccccc2o1)N1CCC(OCC2CCCCO2)CC1. The van der Waals surface area contributed by atoms with Crippen LogP contribution in [0, 0.1) is 0 Å². The molecule has 1 unspecified atom stereocenters. The first kappa shape index (κ1) is 20.2. The third kappa shape index (κ3) is 5.52. The summed E-state index contributed by atoms with van der Waals surface area (Å²) in [6.45, 7) is 4.39. The first-order chi connectivity index (χ1) is 14.3. The molecule has 6 nitrogen and oxygen atoms in total. The summed E-state index contributed by atoms with van der Waals surface area (Å²) in [7, 11) is 1.85. The van der Waals surface area contributed by atoms with E-state index in [9.17, 15) is 0 Å². The molecular weight excluding hydrogens is 366 g/mol. The van der Waals surface area contributed by atoms with E-state index in [0.29, 0.717) is 12.2 Å². The third-order valence-electron chi connectivity index (χ3n) is 5.88. The predicted octanol–water partition coefficient (Wildman–Crippen LogP) is 3.60. The first-order valence-corrected chi connectivity index (χ1v) is 11.0. The van der Waals surface area contributed by atoms with Gasteiger partial charge < -0.3 is 24.1 Å². The monoisotopic (exact) mass is 399 g/mol. The summed E-state index contributed by atoms with van der Waals surface area (Å²) >= 11 is 0. The Morgan fingerprint density at radius 2 is 2.07 bits per heavy atom. The van der Waals surface area contributed by atoms with Crippen LogP contribution in [0.25, 0.3) is 11.0 Å². The minimum absolute atomic E-state index is 0.300. The van der Waals surface area contributed by atoms with Gasteiger partial charge in [0.25, 0.3) is 0 Å². The van der Waals surface area contributed by atoms with Crippen molar-refractivity contribution in [3.63, 3.8) is 0 Å². The van der Waals surface area contributed by atoms with Gasteiger partial charge in [0.15, 0.2) is 5.96 Å². The Bertz CT molecular complexity index is 757. The van der Waals surface area contributed by atoms with Crippen LogP contribution in [0.1, 0.15) is 37.9 Å². The van der Waals surface area contributed by atoms with Crippen molar-refractivity contribution in [1.29, 1.82) is 0 Å². The molecule has 158 valence electrons. The molecule has 0 radical (unpaired) electrons. The molecule has 2 aromatic rings. The number of ether oxygens (including phenoxy) is 2. The normalized spacial score (nSPS) is 21.6. The quantitative estimate of drug-likeness (QED) is 0.594. The third-order valence-corrected chi connectivity index (χ3v) is 5.88. The van der Waals surface area contributed by atoms with Crippen molar-refractivity contribution in [2.45, 2.75) is 50.7 Å². The molecule has 1 aromatic carbocycles. The van der Waals surface area contributed by atoms with Crippen molar-refractivity contribution in [1.82, 2.24) is 10.2 Å². The molecule has 29 heavy (non-hydrogen) atoms. The van der Waals surface area contributed by atoms with Crippen molar-refractivity contribution in [3.05, 3.63) is 36.1 Å². The summed E-state index contributed by atoms with van der Waals surface area (Å²) in [6, 6.07) is 10.3. The Kier molecular flexibility index (Phi) is 7.06. The second-order valence-corrected chi connectivity index (χ2v) is 7.98. The number of piperidine rings is 1. The fourth-order valence-electron chi connectivity index (χ4n) is 4.21. The molecule has 2 fully saturated rings. The van der Waals surface area contributed by atoms with Gasteiger partial charge in [-0.1, -0.05) is 18.2 Å².